The smallest absolute Gasteiger partial charge is 0.248 e. The van der Waals surface area contributed by atoms with Crippen LogP contribution in [0.4, 0.5) is 0 Å². The Morgan fingerprint density at radius 1 is 1.44 bits per heavy atom. The molecule has 0 radical (unpaired) electrons. The molecule has 0 bridgehead atoms. The van der Waals surface area contributed by atoms with E-state index in [-0.39, 0.29) is 0 Å². The minimum absolute atomic E-state index is 0.439. The molecule has 2 rings (SSSR count). The van der Waals surface area contributed by atoms with Crippen LogP contribution >= 0.6 is 0 Å². The van der Waals surface area contributed by atoms with Crippen LogP contribution in [0.3, 0.4) is 0 Å². The van der Waals surface area contributed by atoms with Crippen LogP contribution in [0.1, 0.15) is 15.9 Å². The maximum Gasteiger partial charge on any atom is 0.248 e. The van der Waals surface area contributed by atoms with Gasteiger partial charge in [0.05, 0.1) is 20.3 Å². The third-order valence-corrected chi connectivity index (χ3v) is 3.07. The molecule has 1 fully saturated rings. The highest BCUT2D eigenvalue weighted by Crippen LogP contribution is 2.22. The fourth-order valence-electron chi connectivity index (χ4n) is 2.03. The fourth-order valence-corrected chi connectivity index (χ4v) is 2.03. The first-order valence-electron chi connectivity index (χ1n) is 5.97. The molecule has 1 amide bonds. The number of ether oxygens (including phenoxy) is 2. The van der Waals surface area contributed by atoms with Crippen LogP contribution in [-0.2, 0) is 11.3 Å². The molecule has 1 aromatic carbocycles. The summed E-state index contributed by atoms with van der Waals surface area (Å²) < 4.78 is 10.6. The van der Waals surface area contributed by atoms with Gasteiger partial charge in [0.25, 0.3) is 0 Å². The number of morpholine rings is 1. The second kappa shape index (κ2) is 5.84. The van der Waals surface area contributed by atoms with E-state index in [1.165, 1.54) is 0 Å². The van der Waals surface area contributed by atoms with E-state index in [9.17, 15) is 4.79 Å². The summed E-state index contributed by atoms with van der Waals surface area (Å²) in [5.41, 5.74) is 6.78. The molecule has 5 nitrogen and oxygen atoms in total. The molecule has 0 atom stereocenters. The predicted octanol–water partition coefficient (Wildman–Crippen LogP) is 0.626. The highest BCUT2D eigenvalue weighted by atomic mass is 16.5. The van der Waals surface area contributed by atoms with Crippen molar-refractivity contribution in [2.75, 3.05) is 33.4 Å². The zero-order chi connectivity index (χ0) is 13.0. The average molecular weight is 250 g/mol. The third-order valence-electron chi connectivity index (χ3n) is 3.07. The van der Waals surface area contributed by atoms with Crippen LogP contribution in [0.25, 0.3) is 0 Å². The average Bonchev–Trinajstić information content (AvgIpc) is 2.40. The molecule has 98 valence electrons. The zero-order valence-corrected chi connectivity index (χ0v) is 10.5. The van der Waals surface area contributed by atoms with Gasteiger partial charge in [-0.15, -0.1) is 0 Å². The Morgan fingerprint density at radius 3 is 2.78 bits per heavy atom. The molecule has 1 aliphatic rings. The SMILES string of the molecule is COc1cc(C(N)=O)ccc1CN1CCOCC1. The summed E-state index contributed by atoms with van der Waals surface area (Å²) in [5, 5.41) is 0. The van der Waals surface area contributed by atoms with E-state index in [2.05, 4.69) is 4.90 Å². The van der Waals surface area contributed by atoms with Crippen LogP contribution in [0.15, 0.2) is 18.2 Å². The monoisotopic (exact) mass is 250 g/mol. The van der Waals surface area contributed by atoms with Gasteiger partial charge in [-0.1, -0.05) is 6.07 Å². The van der Waals surface area contributed by atoms with Gasteiger partial charge >= 0.3 is 0 Å². The van der Waals surface area contributed by atoms with Crippen molar-refractivity contribution in [2.45, 2.75) is 6.54 Å². The van der Waals surface area contributed by atoms with Crippen LogP contribution in [0.2, 0.25) is 0 Å². The van der Waals surface area contributed by atoms with Gasteiger partial charge in [-0.25, -0.2) is 0 Å². The Bertz CT molecular complexity index is 428. The Labute approximate surface area is 106 Å². The van der Waals surface area contributed by atoms with Gasteiger partial charge in [0.2, 0.25) is 5.91 Å². The van der Waals surface area contributed by atoms with Crippen LogP contribution in [-0.4, -0.2) is 44.2 Å². The maximum absolute atomic E-state index is 11.1. The topological polar surface area (TPSA) is 64.8 Å². The van der Waals surface area contributed by atoms with Gasteiger partial charge in [-0.05, 0) is 12.1 Å². The molecule has 1 aromatic rings. The first kappa shape index (κ1) is 12.9. The lowest BCUT2D eigenvalue weighted by Crippen LogP contribution is -2.35. The van der Waals surface area contributed by atoms with Crippen LogP contribution in [0, 0.1) is 0 Å². The van der Waals surface area contributed by atoms with Crippen molar-refractivity contribution in [3.63, 3.8) is 0 Å². The molecule has 1 aliphatic heterocycles. The molecule has 0 spiro atoms. The van der Waals surface area contributed by atoms with Crippen molar-refractivity contribution in [1.29, 1.82) is 0 Å². The Morgan fingerprint density at radius 2 is 2.17 bits per heavy atom. The number of benzene rings is 1. The second-order valence-corrected chi connectivity index (χ2v) is 4.28. The summed E-state index contributed by atoms with van der Waals surface area (Å²) in [5.74, 6) is 0.268. The molecule has 2 N–H and O–H groups in total. The summed E-state index contributed by atoms with van der Waals surface area (Å²) in [7, 11) is 1.60. The lowest BCUT2D eigenvalue weighted by atomic mass is 10.1. The molecule has 0 unspecified atom stereocenters. The number of hydrogen-bond donors (Lipinski definition) is 1. The van der Waals surface area contributed by atoms with Gasteiger partial charge < -0.3 is 15.2 Å². The summed E-state index contributed by atoms with van der Waals surface area (Å²) in [6, 6.07) is 5.33. The molecule has 0 aliphatic carbocycles. The molecule has 0 aromatic heterocycles. The molecule has 0 saturated carbocycles. The number of rotatable bonds is 4. The largest absolute Gasteiger partial charge is 0.496 e. The Kier molecular flexibility index (Phi) is 4.17. The number of carbonyl (C=O) groups is 1. The van der Waals surface area contributed by atoms with Crippen molar-refractivity contribution >= 4 is 5.91 Å². The summed E-state index contributed by atoms with van der Waals surface area (Å²) in [4.78, 5) is 13.4. The van der Waals surface area contributed by atoms with E-state index in [1.54, 1.807) is 19.2 Å². The fraction of sp³-hybridized carbons (Fsp3) is 0.462. The normalized spacial score (nSPS) is 16.5. The third kappa shape index (κ3) is 3.00. The molecule has 18 heavy (non-hydrogen) atoms. The second-order valence-electron chi connectivity index (χ2n) is 4.28. The minimum atomic E-state index is -0.439. The Balaban J connectivity index is 2.13. The van der Waals surface area contributed by atoms with E-state index in [1.807, 2.05) is 6.07 Å². The Hall–Kier alpha value is -1.59. The lowest BCUT2D eigenvalue weighted by Gasteiger charge is -2.27. The minimum Gasteiger partial charge on any atom is -0.496 e. The molecule has 1 saturated heterocycles. The van der Waals surface area contributed by atoms with E-state index < -0.39 is 5.91 Å². The number of nitrogens with zero attached hydrogens (tertiary/aromatic N) is 1. The molecule has 1 heterocycles. The summed E-state index contributed by atoms with van der Waals surface area (Å²) >= 11 is 0. The van der Waals surface area contributed by atoms with Crippen LogP contribution in [0.5, 0.6) is 5.75 Å². The quantitative estimate of drug-likeness (QED) is 0.851. The van der Waals surface area contributed by atoms with Gasteiger partial charge in [-0.3, -0.25) is 9.69 Å². The van der Waals surface area contributed by atoms with Crippen LogP contribution < -0.4 is 10.5 Å². The first-order chi connectivity index (χ1) is 8.70. The van der Waals surface area contributed by atoms with E-state index in [0.717, 1.165) is 38.4 Å². The van der Waals surface area contributed by atoms with Crippen molar-refractivity contribution in [1.82, 2.24) is 4.90 Å². The zero-order valence-electron chi connectivity index (χ0n) is 10.5. The van der Waals surface area contributed by atoms with Crippen molar-refractivity contribution in [3.8, 4) is 5.75 Å². The predicted molar refractivity (Wildman–Crippen MR) is 67.6 cm³/mol. The standard InChI is InChI=1S/C13H18N2O3/c1-17-12-8-10(13(14)16)2-3-11(12)9-15-4-6-18-7-5-15/h2-3,8H,4-7,9H2,1H3,(H2,14,16). The summed E-state index contributed by atoms with van der Waals surface area (Å²) in [6.07, 6.45) is 0. The van der Waals surface area contributed by atoms with E-state index in [4.69, 9.17) is 15.2 Å². The maximum atomic E-state index is 11.1. The van der Waals surface area contributed by atoms with Gasteiger partial charge in [0, 0.05) is 30.8 Å². The highest BCUT2D eigenvalue weighted by molar-refractivity contribution is 5.93. The lowest BCUT2D eigenvalue weighted by molar-refractivity contribution is 0.0339. The number of nitrogens with two attached hydrogens (primary N) is 1. The number of methoxy groups -OCH3 is 1. The number of carbonyl (C=O) groups excluding carboxylic acids is 1. The van der Waals surface area contributed by atoms with Gasteiger partial charge in [0.15, 0.2) is 0 Å². The first-order valence-corrected chi connectivity index (χ1v) is 5.97. The van der Waals surface area contributed by atoms with Gasteiger partial charge in [-0.2, -0.15) is 0 Å². The van der Waals surface area contributed by atoms with Gasteiger partial charge in [0.1, 0.15) is 5.75 Å². The number of amides is 1. The van der Waals surface area contributed by atoms with Crippen molar-refractivity contribution in [3.05, 3.63) is 29.3 Å². The number of hydrogen-bond acceptors (Lipinski definition) is 4. The van der Waals surface area contributed by atoms with E-state index >= 15 is 0 Å². The number of primary amides is 1. The molecule has 5 heteroatoms. The molecular formula is C13H18N2O3. The molecular weight excluding hydrogens is 232 g/mol. The van der Waals surface area contributed by atoms with Crippen molar-refractivity contribution in [2.24, 2.45) is 5.73 Å². The summed E-state index contributed by atoms with van der Waals surface area (Å²) in [6.45, 7) is 4.16. The van der Waals surface area contributed by atoms with Crippen molar-refractivity contribution < 1.29 is 14.3 Å². The van der Waals surface area contributed by atoms with E-state index in [0.29, 0.717) is 11.3 Å². The highest BCUT2D eigenvalue weighted by Gasteiger charge is 2.14.